The molecular weight excluding hydrogens is 398 g/mol. The van der Waals surface area contributed by atoms with Crippen molar-refractivity contribution >= 4 is 22.9 Å². The summed E-state index contributed by atoms with van der Waals surface area (Å²) >= 11 is 1.52. The van der Waals surface area contributed by atoms with Crippen LogP contribution in [0, 0.1) is 6.92 Å². The minimum atomic E-state index is -0.0496. The fraction of sp³-hybridized carbons (Fsp3) is 0.304. The van der Waals surface area contributed by atoms with Gasteiger partial charge in [-0.1, -0.05) is 18.2 Å². The summed E-state index contributed by atoms with van der Waals surface area (Å²) in [5, 5.41) is 5.78. The van der Waals surface area contributed by atoms with Crippen molar-refractivity contribution in [3.05, 3.63) is 70.2 Å². The normalized spacial score (nSPS) is 10.8. The van der Waals surface area contributed by atoms with Gasteiger partial charge in [0.25, 0.3) is 0 Å². The standard InChI is InChI=1S/C23H27N3O3S/c1-17-6-4-5-7-21(17)25-22(27)14-23-24-18(16-30-23)15-26(2)12-13-29-20-10-8-19(28-3)9-11-20/h4-11,16H,12-15H2,1-3H3,(H,25,27). The number of thiazole rings is 1. The number of hydrogen-bond donors (Lipinski definition) is 1. The van der Waals surface area contributed by atoms with Crippen molar-refractivity contribution in [3.8, 4) is 11.5 Å². The molecule has 1 heterocycles. The van der Waals surface area contributed by atoms with E-state index in [9.17, 15) is 4.79 Å². The second-order valence-electron chi connectivity index (χ2n) is 7.03. The number of methoxy groups -OCH3 is 1. The van der Waals surface area contributed by atoms with Crippen LogP contribution in [0.2, 0.25) is 0 Å². The highest BCUT2D eigenvalue weighted by Gasteiger charge is 2.11. The Labute approximate surface area is 181 Å². The van der Waals surface area contributed by atoms with Crippen molar-refractivity contribution in [2.24, 2.45) is 0 Å². The van der Waals surface area contributed by atoms with E-state index < -0.39 is 0 Å². The van der Waals surface area contributed by atoms with Gasteiger partial charge in [0.1, 0.15) is 23.1 Å². The summed E-state index contributed by atoms with van der Waals surface area (Å²) in [6.07, 6.45) is 0.281. The molecule has 1 aromatic heterocycles. The molecule has 30 heavy (non-hydrogen) atoms. The maximum Gasteiger partial charge on any atom is 0.231 e. The Morgan fingerprint density at radius 1 is 1.13 bits per heavy atom. The maximum absolute atomic E-state index is 12.3. The van der Waals surface area contributed by atoms with Gasteiger partial charge in [0.05, 0.1) is 19.2 Å². The number of anilines is 1. The SMILES string of the molecule is COc1ccc(OCCN(C)Cc2csc(CC(=O)Nc3ccccc3C)n2)cc1. The van der Waals surface area contributed by atoms with Crippen LogP contribution in [-0.2, 0) is 17.8 Å². The zero-order chi connectivity index (χ0) is 21.3. The number of likely N-dealkylation sites (N-methyl/N-ethyl adjacent to an activating group) is 1. The highest BCUT2D eigenvalue weighted by Crippen LogP contribution is 2.18. The van der Waals surface area contributed by atoms with E-state index in [1.165, 1.54) is 11.3 Å². The molecule has 3 aromatic rings. The summed E-state index contributed by atoms with van der Waals surface area (Å²) in [5.41, 5.74) is 2.85. The minimum absolute atomic E-state index is 0.0496. The molecule has 0 radical (unpaired) electrons. The lowest BCUT2D eigenvalue weighted by Crippen LogP contribution is -2.24. The predicted molar refractivity (Wildman–Crippen MR) is 120 cm³/mol. The molecule has 1 amide bonds. The summed E-state index contributed by atoms with van der Waals surface area (Å²) < 4.78 is 10.9. The van der Waals surface area contributed by atoms with Crippen molar-refractivity contribution in [3.63, 3.8) is 0 Å². The first-order valence-electron chi connectivity index (χ1n) is 9.77. The predicted octanol–water partition coefficient (Wildman–Crippen LogP) is 4.15. The Hall–Kier alpha value is -2.90. The van der Waals surface area contributed by atoms with Crippen molar-refractivity contribution in [1.29, 1.82) is 0 Å². The van der Waals surface area contributed by atoms with Gasteiger partial charge >= 0.3 is 0 Å². The van der Waals surface area contributed by atoms with Crippen LogP contribution in [0.3, 0.4) is 0 Å². The number of nitrogens with one attached hydrogen (secondary N) is 1. The summed E-state index contributed by atoms with van der Waals surface area (Å²) in [6, 6.07) is 15.3. The zero-order valence-corrected chi connectivity index (χ0v) is 18.4. The molecule has 158 valence electrons. The van der Waals surface area contributed by atoms with Crippen LogP contribution in [0.25, 0.3) is 0 Å². The Bertz CT molecular complexity index is 956. The molecule has 0 aliphatic carbocycles. The fourth-order valence-electron chi connectivity index (χ4n) is 2.89. The van der Waals surface area contributed by atoms with Crippen LogP contribution in [-0.4, -0.2) is 43.1 Å². The number of benzene rings is 2. The average molecular weight is 426 g/mol. The average Bonchev–Trinajstić information content (AvgIpc) is 3.16. The van der Waals surface area contributed by atoms with Crippen LogP contribution in [0.5, 0.6) is 11.5 Å². The summed E-state index contributed by atoms with van der Waals surface area (Å²) in [4.78, 5) is 19.1. The molecule has 0 bridgehead atoms. The highest BCUT2D eigenvalue weighted by molar-refractivity contribution is 7.09. The molecule has 0 aliphatic heterocycles. The molecular formula is C23H27N3O3S. The first-order valence-corrected chi connectivity index (χ1v) is 10.7. The Morgan fingerprint density at radius 3 is 2.60 bits per heavy atom. The van der Waals surface area contributed by atoms with E-state index in [1.54, 1.807) is 7.11 Å². The van der Waals surface area contributed by atoms with Crippen LogP contribution >= 0.6 is 11.3 Å². The second-order valence-corrected chi connectivity index (χ2v) is 7.98. The van der Waals surface area contributed by atoms with Gasteiger partial charge in [-0.2, -0.15) is 0 Å². The molecule has 2 aromatic carbocycles. The number of amides is 1. The lowest BCUT2D eigenvalue weighted by molar-refractivity contribution is -0.115. The molecule has 0 spiro atoms. The van der Waals surface area contributed by atoms with Gasteiger partial charge in [-0.3, -0.25) is 9.69 Å². The van der Waals surface area contributed by atoms with Crippen LogP contribution in [0.15, 0.2) is 53.9 Å². The Kier molecular flexibility index (Phi) is 7.82. The van der Waals surface area contributed by atoms with E-state index in [0.29, 0.717) is 13.2 Å². The van der Waals surface area contributed by atoms with Gasteiger partial charge in [0.15, 0.2) is 0 Å². The summed E-state index contributed by atoms with van der Waals surface area (Å²) in [7, 11) is 3.67. The van der Waals surface area contributed by atoms with Crippen molar-refractivity contribution in [1.82, 2.24) is 9.88 Å². The molecule has 1 N–H and O–H groups in total. The molecule has 0 fully saturated rings. The van der Waals surface area contributed by atoms with E-state index in [-0.39, 0.29) is 12.3 Å². The topological polar surface area (TPSA) is 63.7 Å². The van der Waals surface area contributed by atoms with Gasteiger partial charge in [-0.15, -0.1) is 11.3 Å². The molecule has 6 nitrogen and oxygen atoms in total. The van der Waals surface area contributed by atoms with Crippen LogP contribution in [0.1, 0.15) is 16.3 Å². The molecule has 0 saturated heterocycles. The summed E-state index contributed by atoms with van der Waals surface area (Å²) in [6.45, 7) is 4.04. The fourth-order valence-corrected chi connectivity index (χ4v) is 3.68. The van der Waals surface area contributed by atoms with Gasteiger partial charge in [0, 0.05) is 24.2 Å². The van der Waals surface area contributed by atoms with Gasteiger partial charge in [-0.25, -0.2) is 4.98 Å². The lowest BCUT2D eigenvalue weighted by atomic mass is 10.2. The number of carbonyl (C=O) groups is 1. The van der Waals surface area contributed by atoms with E-state index in [4.69, 9.17) is 9.47 Å². The van der Waals surface area contributed by atoms with Crippen molar-refractivity contribution < 1.29 is 14.3 Å². The zero-order valence-electron chi connectivity index (χ0n) is 17.6. The number of aromatic nitrogens is 1. The Morgan fingerprint density at radius 2 is 1.87 bits per heavy atom. The van der Waals surface area contributed by atoms with Crippen molar-refractivity contribution in [2.45, 2.75) is 19.9 Å². The first kappa shape index (κ1) is 21.8. The Balaban J connectivity index is 1.41. The number of carbonyl (C=O) groups excluding carboxylic acids is 1. The third-order valence-electron chi connectivity index (χ3n) is 4.56. The molecule has 7 heteroatoms. The quantitative estimate of drug-likeness (QED) is 0.529. The number of hydrogen-bond acceptors (Lipinski definition) is 6. The number of aryl methyl sites for hydroxylation is 1. The van der Waals surface area contributed by atoms with E-state index >= 15 is 0 Å². The number of nitrogens with zero attached hydrogens (tertiary/aromatic N) is 2. The van der Waals surface area contributed by atoms with E-state index in [2.05, 4.69) is 15.2 Å². The van der Waals surface area contributed by atoms with Gasteiger partial charge in [-0.05, 0) is 49.9 Å². The highest BCUT2D eigenvalue weighted by atomic mass is 32.1. The number of rotatable bonds is 10. The molecule has 0 aliphatic rings. The third kappa shape index (κ3) is 6.57. The van der Waals surface area contributed by atoms with E-state index in [0.717, 1.165) is 40.0 Å². The number of para-hydroxylation sites is 1. The largest absolute Gasteiger partial charge is 0.497 e. The van der Waals surface area contributed by atoms with Gasteiger partial charge in [0.2, 0.25) is 5.91 Å². The molecule has 0 atom stereocenters. The van der Waals surface area contributed by atoms with Crippen molar-refractivity contribution in [2.75, 3.05) is 32.6 Å². The van der Waals surface area contributed by atoms with Gasteiger partial charge < -0.3 is 14.8 Å². The van der Waals surface area contributed by atoms with Crippen LogP contribution in [0.4, 0.5) is 5.69 Å². The minimum Gasteiger partial charge on any atom is -0.497 e. The van der Waals surface area contributed by atoms with Crippen LogP contribution < -0.4 is 14.8 Å². The smallest absolute Gasteiger partial charge is 0.231 e. The third-order valence-corrected chi connectivity index (χ3v) is 5.46. The molecule has 0 saturated carbocycles. The molecule has 3 rings (SSSR count). The van der Waals surface area contributed by atoms with E-state index in [1.807, 2.05) is 67.9 Å². The first-order chi connectivity index (χ1) is 14.5. The molecule has 0 unspecified atom stereocenters. The summed E-state index contributed by atoms with van der Waals surface area (Å²) in [5.74, 6) is 1.58. The maximum atomic E-state index is 12.3. The second kappa shape index (κ2) is 10.8. The monoisotopic (exact) mass is 425 g/mol. The lowest BCUT2D eigenvalue weighted by Gasteiger charge is -2.15. The number of ether oxygens (including phenoxy) is 2.